The Hall–Kier alpha value is -1.87. The lowest BCUT2D eigenvalue weighted by molar-refractivity contribution is 0.199. The summed E-state index contributed by atoms with van der Waals surface area (Å²) in [5, 5.41) is 0.564. The van der Waals surface area contributed by atoms with Crippen LogP contribution < -0.4 is 5.73 Å². The second-order valence-corrected chi connectivity index (χ2v) is 10.7. The van der Waals surface area contributed by atoms with Crippen molar-refractivity contribution < 1.29 is 13.2 Å². The number of nitrogen functional groups attached to an aromatic ring is 1. The first-order chi connectivity index (χ1) is 15.2. The molecule has 3 rings (SSSR count). The van der Waals surface area contributed by atoms with Crippen LogP contribution in [-0.4, -0.2) is 42.4 Å². The lowest BCUT2D eigenvalue weighted by atomic mass is 10.2. The quantitative estimate of drug-likeness (QED) is 0.404. The van der Waals surface area contributed by atoms with Crippen molar-refractivity contribution in [1.29, 1.82) is 0 Å². The van der Waals surface area contributed by atoms with Crippen molar-refractivity contribution in [3.05, 3.63) is 45.3 Å². The highest BCUT2D eigenvalue weighted by molar-refractivity contribution is 7.91. The zero-order valence-corrected chi connectivity index (χ0v) is 20.8. The van der Waals surface area contributed by atoms with Crippen LogP contribution in [0, 0.1) is 13.8 Å². The molecule has 0 amide bonds. The fourth-order valence-corrected chi connectivity index (χ4v) is 5.94. The standard InChI is InChI=1S/C22H28Cl2N4O3S/c1-14-15(2)26-22(25)20-21(14)28(19(27-20)9-11-31-3)10-5-4-6-12-32(29,30)18-8-7-16(23)13-17(18)24/h7-8,13H,4-6,9-12H2,1-3H3,(H2,25,26). The van der Waals surface area contributed by atoms with Crippen LogP contribution in [0.25, 0.3) is 11.0 Å². The van der Waals surface area contributed by atoms with Crippen LogP contribution in [0.2, 0.25) is 10.0 Å². The van der Waals surface area contributed by atoms with Crippen LogP contribution in [-0.2, 0) is 27.5 Å². The largest absolute Gasteiger partial charge is 0.384 e. The topological polar surface area (TPSA) is 100 Å². The summed E-state index contributed by atoms with van der Waals surface area (Å²) in [4.78, 5) is 9.24. The Morgan fingerprint density at radius 3 is 2.56 bits per heavy atom. The summed E-state index contributed by atoms with van der Waals surface area (Å²) in [6, 6.07) is 4.45. The molecule has 0 fully saturated rings. The minimum Gasteiger partial charge on any atom is -0.384 e. The van der Waals surface area contributed by atoms with Crippen molar-refractivity contribution in [2.75, 3.05) is 25.2 Å². The molecule has 3 aromatic rings. The summed E-state index contributed by atoms with van der Waals surface area (Å²) in [6.07, 6.45) is 2.73. The van der Waals surface area contributed by atoms with E-state index < -0.39 is 9.84 Å². The van der Waals surface area contributed by atoms with Gasteiger partial charge in [-0.15, -0.1) is 0 Å². The highest BCUT2D eigenvalue weighted by Crippen LogP contribution is 2.28. The summed E-state index contributed by atoms with van der Waals surface area (Å²) in [6.45, 7) is 5.21. The van der Waals surface area contributed by atoms with Gasteiger partial charge in [-0.1, -0.05) is 29.6 Å². The van der Waals surface area contributed by atoms with E-state index in [1.54, 1.807) is 7.11 Å². The van der Waals surface area contributed by atoms with Gasteiger partial charge in [-0.2, -0.15) is 0 Å². The van der Waals surface area contributed by atoms with E-state index in [-0.39, 0.29) is 15.7 Å². The van der Waals surface area contributed by atoms with Gasteiger partial charge in [0.15, 0.2) is 15.7 Å². The first kappa shape index (κ1) is 24.8. The number of benzene rings is 1. The predicted octanol–water partition coefficient (Wildman–Crippen LogP) is 4.77. The number of hydrogen-bond donors (Lipinski definition) is 1. The number of hydrogen-bond acceptors (Lipinski definition) is 6. The number of nitrogens with zero attached hydrogens (tertiary/aromatic N) is 3. The van der Waals surface area contributed by atoms with Crippen LogP contribution in [0.5, 0.6) is 0 Å². The lowest BCUT2D eigenvalue weighted by Gasteiger charge is -2.12. The van der Waals surface area contributed by atoms with E-state index >= 15 is 0 Å². The fourth-order valence-electron chi connectivity index (χ4n) is 3.75. The molecule has 0 unspecified atom stereocenters. The van der Waals surface area contributed by atoms with Gasteiger partial charge < -0.3 is 15.0 Å². The number of methoxy groups -OCH3 is 1. The number of pyridine rings is 1. The molecule has 1 aromatic carbocycles. The summed E-state index contributed by atoms with van der Waals surface area (Å²) in [5.41, 5.74) is 9.75. The average molecular weight is 499 g/mol. The number of sulfone groups is 1. The first-order valence-corrected chi connectivity index (χ1v) is 12.8. The maximum Gasteiger partial charge on any atom is 0.179 e. The molecule has 32 heavy (non-hydrogen) atoms. The third-order valence-corrected chi connectivity index (χ3v) is 8.04. The number of aryl methyl sites for hydroxylation is 3. The van der Waals surface area contributed by atoms with Crippen molar-refractivity contribution >= 4 is 49.9 Å². The average Bonchev–Trinajstić information content (AvgIpc) is 3.09. The fraction of sp³-hybridized carbons (Fsp3) is 0.455. The Labute approximate surface area is 198 Å². The molecule has 2 heterocycles. The highest BCUT2D eigenvalue weighted by atomic mass is 35.5. The molecule has 10 heteroatoms. The Bertz CT molecular complexity index is 1230. The molecule has 0 atom stereocenters. The number of rotatable bonds is 10. The highest BCUT2D eigenvalue weighted by Gasteiger charge is 2.19. The molecule has 0 saturated heterocycles. The Kier molecular flexibility index (Phi) is 8.03. The van der Waals surface area contributed by atoms with Gasteiger partial charge in [-0.25, -0.2) is 18.4 Å². The van der Waals surface area contributed by atoms with Crippen molar-refractivity contribution in [1.82, 2.24) is 14.5 Å². The van der Waals surface area contributed by atoms with Crippen molar-refractivity contribution in [2.24, 2.45) is 0 Å². The molecule has 0 spiro atoms. The SMILES string of the molecule is COCCc1nc2c(N)nc(C)c(C)c2n1CCCCCS(=O)(=O)c1ccc(Cl)cc1Cl. The van der Waals surface area contributed by atoms with Gasteiger partial charge in [-0.3, -0.25) is 0 Å². The molecule has 0 saturated carbocycles. The predicted molar refractivity (Wildman–Crippen MR) is 129 cm³/mol. The Morgan fingerprint density at radius 2 is 1.88 bits per heavy atom. The maximum atomic E-state index is 12.6. The monoisotopic (exact) mass is 498 g/mol. The third-order valence-electron chi connectivity index (χ3n) is 5.53. The van der Waals surface area contributed by atoms with Crippen LogP contribution in [0.15, 0.2) is 23.1 Å². The summed E-state index contributed by atoms with van der Waals surface area (Å²) in [5.74, 6) is 1.35. The van der Waals surface area contributed by atoms with Crippen molar-refractivity contribution in [3.63, 3.8) is 0 Å². The number of imidazole rings is 1. The zero-order valence-electron chi connectivity index (χ0n) is 18.5. The van der Waals surface area contributed by atoms with E-state index in [0.717, 1.165) is 35.4 Å². The molecule has 174 valence electrons. The Balaban J connectivity index is 1.71. The minimum atomic E-state index is -3.47. The van der Waals surface area contributed by atoms with E-state index in [1.165, 1.54) is 18.2 Å². The van der Waals surface area contributed by atoms with E-state index in [4.69, 9.17) is 38.7 Å². The van der Waals surface area contributed by atoms with Gasteiger partial charge in [0.05, 0.1) is 27.8 Å². The number of fused-ring (bicyclic) bond motifs is 1. The number of nitrogens with two attached hydrogens (primary N) is 1. The van der Waals surface area contributed by atoms with Crippen LogP contribution in [0.1, 0.15) is 36.3 Å². The number of anilines is 1. The third kappa shape index (κ3) is 5.36. The molecule has 7 nitrogen and oxygen atoms in total. The molecule has 2 N–H and O–H groups in total. The van der Waals surface area contributed by atoms with Gasteiger partial charge in [0.2, 0.25) is 0 Å². The number of aromatic nitrogens is 3. The summed E-state index contributed by atoms with van der Waals surface area (Å²) >= 11 is 11.9. The molecule has 2 aromatic heterocycles. The van der Waals surface area contributed by atoms with Crippen molar-refractivity contribution in [2.45, 2.75) is 51.0 Å². The molecule has 0 radical (unpaired) electrons. The molecular weight excluding hydrogens is 471 g/mol. The van der Waals surface area contributed by atoms with Gasteiger partial charge in [0.25, 0.3) is 0 Å². The summed E-state index contributed by atoms with van der Waals surface area (Å²) in [7, 11) is -1.81. The van der Waals surface area contributed by atoms with E-state index in [9.17, 15) is 8.42 Å². The number of unbranched alkanes of at least 4 members (excludes halogenated alkanes) is 2. The van der Waals surface area contributed by atoms with Gasteiger partial charge in [0, 0.05) is 30.8 Å². The molecule has 0 aliphatic rings. The van der Waals surface area contributed by atoms with Gasteiger partial charge in [-0.05, 0) is 50.5 Å². The molecule has 0 aliphatic heterocycles. The number of ether oxygens (including phenoxy) is 1. The van der Waals surface area contributed by atoms with Gasteiger partial charge >= 0.3 is 0 Å². The smallest absolute Gasteiger partial charge is 0.179 e. The number of halogens is 2. The molecule has 0 aliphatic carbocycles. The summed E-state index contributed by atoms with van der Waals surface area (Å²) < 4.78 is 32.7. The van der Waals surface area contributed by atoms with Gasteiger partial charge in [0.1, 0.15) is 11.3 Å². The van der Waals surface area contributed by atoms with Crippen molar-refractivity contribution in [3.8, 4) is 0 Å². The van der Waals surface area contributed by atoms with E-state index in [2.05, 4.69) is 9.55 Å². The van der Waals surface area contributed by atoms with E-state index in [0.29, 0.717) is 42.4 Å². The Morgan fingerprint density at radius 1 is 1.12 bits per heavy atom. The molecule has 0 bridgehead atoms. The van der Waals surface area contributed by atoms with Crippen LogP contribution >= 0.6 is 23.2 Å². The van der Waals surface area contributed by atoms with Crippen LogP contribution in [0.4, 0.5) is 5.82 Å². The van der Waals surface area contributed by atoms with E-state index in [1.807, 2.05) is 13.8 Å². The maximum absolute atomic E-state index is 12.6. The normalized spacial score (nSPS) is 12.0. The second-order valence-electron chi connectivity index (χ2n) is 7.78. The first-order valence-electron chi connectivity index (χ1n) is 10.4. The lowest BCUT2D eigenvalue weighted by Crippen LogP contribution is -2.10. The second kappa shape index (κ2) is 10.4. The minimum absolute atomic E-state index is 0.0323. The molecular formula is C22H28Cl2N4O3S. The van der Waals surface area contributed by atoms with Crippen LogP contribution in [0.3, 0.4) is 0 Å². The zero-order chi connectivity index (χ0) is 23.5.